The van der Waals surface area contributed by atoms with Gasteiger partial charge in [0.25, 0.3) is 0 Å². The van der Waals surface area contributed by atoms with Crippen LogP contribution < -0.4 is 0 Å². The highest BCUT2D eigenvalue weighted by atomic mass is 35.5. The van der Waals surface area contributed by atoms with Gasteiger partial charge >= 0.3 is 5.97 Å². The zero-order chi connectivity index (χ0) is 21.5. The van der Waals surface area contributed by atoms with Gasteiger partial charge in [-0.3, -0.25) is 4.98 Å². The summed E-state index contributed by atoms with van der Waals surface area (Å²) in [4.78, 5) is 16.8. The average Bonchev–Trinajstić information content (AvgIpc) is 2.58. The zero-order valence-electron chi connectivity index (χ0n) is 17.0. The molecule has 4 nitrogen and oxygen atoms in total. The SMILES string of the molecule is Cc1ccc2c(-c3ccc(Cl)cc3F)c([C@H](OC(C)(C)C)C(=O)O)c(C)nc2c1. The van der Waals surface area contributed by atoms with E-state index >= 15 is 0 Å². The highest BCUT2D eigenvalue weighted by Gasteiger charge is 2.32. The van der Waals surface area contributed by atoms with Gasteiger partial charge in [0.05, 0.1) is 11.1 Å². The second-order valence-electron chi connectivity index (χ2n) is 8.08. The van der Waals surface area contributed by atoms with Crippen molar-refractivity contribution in [3.63, 3.8) is 0 Å². The van der Waals surface area contributed by atoms with E-state index in [0.29, 0.717) is 27.7 Å². The number of carbonyl (C=O) groups is 1. The molecule has 0 saturated heterocycles. The fourth-order valence-corrected chi connectivity index (χ4v) is 3.56. The lowest BCUT2D eigenvalue weighted by molar-refractivity contribution is -0.160. The standard InChI is InChI=1S/C23H23ClFNO3/c1-12-6-8-16-18(10-12)26-13(2)19(21(22(27)28)29-23(3,4)5)20(16)15-9-7-14(24)11-17(15)25/h6-11,21H,1-5H3,(H,27,28)/t21-/m0/s1. The van der Waals surface area contributed by atoms with Crippen molar-refractivity contribution < 1.29 is 19.0 Å². The molecule has 0 amide bonds. The molecule has 1 atom stereocenters. The molecule has 0 bridgehead atoms. The van der Waals surface area contributed by atoms with Crippen LogP contribution in [0.2, 0.25) is 5.02 Å². The number of aryl methyl sites for hydroxylation is 2. The molecule has 6 heteroatoms. The smallest absolute Gasteiger partial charge is 0.337 e. The van der Waals surface area contributed by atoms with E-state index in [4.69, 9.17) is 16.3 Å². The summed E-state index contributed by atoms with van der Waals surface area (Å²) in [6.45, 7) is 8.99. The quantitative estimate of drug-likeness (QED) is 0.547. The van der Waals surface area contributed by atoms with Crippen molar-refractivity contribution >= 4 is 28.5 Å². The first-order chi connectivity index (χ1) is 13.5. The normalized spacial score (nSPS) is 12.9. The van der Waals surface area contributed by atoms with E-state index in [9.17, 15) is 14.3 Å². The molecule has 1 aromatic heterocycles. The molecule has 0 aliphatic rings. The van der Waals surface area contributed by atoms with Crippen LogP contribution in [0.3, 0.4) is 0 Å². The molecule has 0 spiro atoms. The fraction of sp³-hybridized carbons (Fsp3) is 0.304. The van der Waals surface area contributed by atoms with Gasteiger partial charge in [0.15, 0.2) is 6.10 Å². The van der Waals surface area contributed by atoms with Gasteiger partial charge in [0.1, 0.15) is 5.82 Å². The number of rotatable bonds is 4. The van der Waals surface area contributed by atoms with Crippen molar-refractivity contribution in [2.24, 2.45) is 0 Å². The van der Waals surface area contributed by atoms with Gasteiger partial charge in [-0.05, 0) is 64.4 Å². The molecule has 2 aromatic carbocycles. The van der Waals surface area contributed by atoms with Gasteiger partial charge in [0, 0.05) is 32.8 Å². The van der Waals surface area contributed by atoms with Gasteiger partial charge in [-0.25, -0.2) is 9.18 Å². The molecule has 0 aliphatic carbocycles. The Morgan fingerprint density at radius 3 is 2.45 bits per heavy atom. The minimum absolute atomic E-state index is 0.257. The number of carboxylic acids is 1. The minimum Gasteiger partial charge on any atom is -0.479 e. The summed E-state index contributed by atoms with van der Waals surface area (Å²) in [6, 6.07) is 9.98. The number of hydrogen-bond acceptors (Lipinski definition) is 3. The molecule has 0 saturated carbocycles. The number of aliphatic carboxylic acids is 1. The van der Waals surface area contributed by atoms with E-state index in [0.717, 1.165) is 5.56 Å². The second-order valence-corrected chi connectivity index (χ2v) is 8.52. The summed E-state index contributed by atoms with van der Waals surface area (Å²) >= 11 is 5.94. The van der Waals surface area contributed by atoms with Gasteiger partial charge in [-0.15, -0.1) is 0 Å². The Morgan fingerprint density at radius 1 is 1.17 bits per heavy atom. The third-order valence-corrected chi connectivity index (χ3v) is 4.76. The maximum absolute atomic E-state index is 15.0. The summed E-state index contributed by atoms with van der Waals surface area (Å²) < 4.78 is 20.8. The van der Waals surface area contributed by atoms with E-state index in [-0.39, 0.29) is 10.6 Å². The number of aromatic nitrogens is 1. The Balaban J connectivity index is 2.44. The Morgan fingerprint density at radius 2 is 1.86 bits per heavy atom. The van der Waals surface area contributed by atoms with E-state index in [2.05, 4.69) is 4.98 Å². The number of halogens is 2. The van der Waals surface area contributed by atoms with Crippen LogP contribution >= 0.6 is 11.6 Å². The van der Waals surface area contributed by atoms with Crippen LogP contribution in [-0.2, 0) is 9.53 Å². The summed E-state index contributed by atoms with van der Waals surface area (Å²) in [5.74, 6) is -1.70. The van der Waals surface area contributed by atoms with Gasteiger partial charge in [-0.2, -0.15) is 0 Å². The number of fused-ring (bicyclic) bond motifs is 1. The molecule has 0 aliphatic heterocycles. The monoisotopic (exact) mass is 415 g/mol. The van der Waals surface area contributed by atoms with E-state index in [1.165, 1.54) is 6.07 Å². The molecule has 1 heterocycles. The maximum Gasteiger partial charge on any atom is 0.337 e. The minimum atomic E-state index is -1.31. The summed E-state index contributed by atoms with van der Waals surface area (Å²) in [5.41, 5.74) is 2.46. The number of benzene rings is 2. The molecule has 0 radical (unpaired) electrons. The van der Waals surface area contributed by atoms with E-state index < -0.39 is 23.5 Å². The van der Waals surface area contributed by atoms with Crippen LogP contribution in [-0.4, -0.2) is 21.7 Å². The van der Waals surface area contributed by atoms with Gasteiger partial charge < -0.3 is 9.84 Å². The summed E-state index contributed by atoms with van der Waals surface area (Å²) in [5, 5.41) is 10.9. The van der Waals surface area contributed by atoms with Crippen LogP contribution in [0.5, 0.6) is 0 Å². The van der Waals surface area contributed by atoms with Crippen molar-refractivity contribution in [2.75, 3.05) is 0 Å². The zero-order valence-corrected chi connectivity index (χ0v) is 17.8. The lowest BCUT2D eigenvalue weighted by Crippen LogP contribution is -2.28. The lowest BCUT2D eigenvalue weighted by atomic mass is 9.90. The molecule has 152 valence electrons. The average molecular weight is 416 g/mol. The Labute approximate surface area is 174 Å². The highest BCUT2D eigenvalue weighted by Crippen LogP contribution is 2.40. The predicted octanol–water partition coefficient (Wildman–Crippen LogP) is 6.25. The number of hydrogen-bond donors (Lipinski definition) is 1. The summed E-state index contributed by atoms with van der Waals surface area (Å²) in [7, 11) is 0. The Kier molecular flexibility index (Phi) is 5.65. The number of nitrogens with zero attached hydrogens (tertiary/aromatic N) is 1. The van der Waals surface area contributed by atoms with Crippen molar-refractivity contribution in [3.05, 3.63) is 64.1 Å². The third kappa shape index (κ3) is 4.41. The van der Waals surface area contributed by atoms with Crippen molar-refractivity contribution in [2.45, 2.75) is 46.3 Å². The first kappa shape index (κ1) is 21.2. The Hall–Kier alpha value is -2.50. The Bertz CT molecular complexity index is 1110. The fourth-order valence-electron chi connectivity index (χ4n) is 3.40. The highest BCUT2D eigenvalue weighted by molar-refractivity contribution is 6.30. The molecule has 3 rings (SSSR count). The number of ether oxygens (including phenoxy) is 1. The summed E-state index contributed by atoms with van der Waals surface area (Å²) in [6.07, 6.45) is -1.31. The third-order valence-electron chi connectivity index (χ3n) is 4.53. The molecule has 3 aromatic rings. The molecule has 1 N–H and O–H groups in total. The number of pyridine rings is 1. The molecular formula is C23H23ClFNO3. The topological polar surface area (TPSA) is 59.4 Å². The van der Waals surface area contributed by atoms with Crippen LogP contribution in [0.4, 0.5) is 4.39 Å². The molecule has 0 fully saturated rings. The first-order valence-electron chi connectivity index (χ1n) is 9.25. The largest absolute Gasteiger partial charge is 0.479 e. The second kappa shape index (κ2) is 7.73. The van der Waals surface area contributed by atoms with Crippen molar-refractivity contribution in [3.8, 4) is 11.1 Å². The van der Waals surface area contributed by atoms with Crippen LogP contribution in [0.15, 0.2) is 36.4 Å². The van der Waals surface area contributed by atoms with Crippen molar-refractivity contribution in [1.82, 2.24) is 4.98 Å². The lowest BCUT2D eigenvalue weighted by Gasteiger charge is -2.28. The number of carboxylic acid groups (broad SMARTS) is 1. The predicted molar refractivity (Wildman–Crippen MR) is 113 cm³/mol. The van der Waals surface area contributed by atoms with Crippen molar-refractivity contribution in [1.29, 1.82) is 0 Å². The maximum atomic E-state index is 15.0. The van der Waals surface area contributed by atoms with Gasteiger partial charge in [0.2, 0.25) is 0 Å². The molecular weight excluding hydrogens is 393 g/mol. The molecule has 0 unspecified atom stereocenters. The van der Waals surface area contributed by atoms with E-state index in [1.54, 1.807) is 39.8 Å². The first-order valence-corrected chi connectivity index (χ1v) is 9.62. The van der Waals surface area contributed by atoms with Gasteiger partial charge in [-0.1, -0.05) is 23.7 Å². The van der Waals surface area contributed by atoms with Crippen LogP contribution in [0.1, 0.15) is 43.7 Å². The van der Waals surface area contributed by atoms with Crippen LogP contribution in [0, 0.1) is 19.7 Å². The van der Waals surface area contributed by atoms with E-state index in [1.807, 2.05) is 25.1 Å². The molecule has 29 heavy (non-hydrogen) atoms. The van der Waals surface area contributed by atoms with Crippen LogP contribution in [0.25, 0.3) is 22.0 Å².